The van der Waals surface area contributed by atoms with Crippen LogP contribution in [-0.4, -0.2) is 34.0 Å². The van der Waals surface area contributed by atoms with Crippen molar-refractivity contribution in [1.82, 2.24) is 26.1 Å². The van der Waals surface area contributed by atoms with Crippen molar-refractivity contribution in [3.63, 3.8) is 0 Å². The van der Waals surface area contributed by atoms with Gasteiger partial charge in [-0.3, -0.25) is 14.9 Å². The van der Waals surface area contributed by atoms with Gasteiger partial charge in [0.05, 0.1) is 18.0 Å². The number of hydrogen-bond donors (Lipinski definition) is 3. The predicted octanol–water partition coefficient (Wildman–Crippen LogP) is 0.604. The van der Waals surface area contributed by atoms with Crippen molar-refractivity contribution in [2.24, 2.45) is 0 Å². The van der Waals surface area contributed by atoms with Crippen LogP contribution in [0.25, 0.3) is 11.4 Å². The number of carbonyl (C=O) groups excluding carboxylic acids is 3. The minimum atomic E-state index is -0.876. The van der Waals surface area contributed by atoms with Gasteiger partial charge in [-0.2, -0.15) is 4.98 Å². The average molecular weight is 350 g/mol. The van der Waals surface area contributed by atoms with Gasteiger partial charge in [0, 0.05) is 5.56 Å². The van der Waals surface area contributed by atoms with Crippen molar-refractivity contribution >= 4 is 29.4 Å². The van der Waals surface area contributed by atoms with Crippen molar-refractivity contribution in [3.05, 3.63) is 35.2 Å². The minimum absolute atomic E-state index is 0.00142. The van der Waals surface area contributed by atoms with E-state index < -0.39 is 23.9 Å². The molecule has 4 amide bonds. The summed E-state index contributed by atoms with van der Waals surface area (Å²) in [6.45, 7) is -0.00142. The topological polar surface area (TPSA) is 126 Å². The zero-order valence-corrected chi connectivity index (χ0v) is 13.0. The third-order valence-corrected chi connectivity index (χ3v) is 3.60. The number of hydrogen-bond acceptors (Lipinski definition) is 6. The maximum atomic E-state index is 11.8. The lowest BCUT2D eigenvalue weighted by Gasteiger charge is -2.06. The van der Waals surface area contributed by atoms with E-state index in [0.29, 0.717) is 16.4 Å². The number of nitrogens with zero attached hydrogens (tertiary/aromatic N) is 2. The van der Waals surface area contributed by atoms with E-state index in [0.717, 1.165) is 0 Å². The molecule has 2 aromatic rings. The van der Waals surface area contributed by atoms with Crippen LogP contribution in [0, 0.1) is 0 Å². The van der Waals surface area contributed by atoms with Gasteiger partial charge in [-0.05, 0) is 12.1 Å². The van der Waals surface area contributed by atoms with E-state index in [9.17, 15) is 14.4 Å². The molecular formula is C14H12ClN5O4. The summed E-state index contributed by atoms with van der Waals surface area (Å²) in [4.78, 5) is 38.3. The lowest BCUT2D eigenvalue weighted by molar-refractivity contribution is -0.126. The van der Waals surface area contributed by atoms with Crippen molar-refractivity contribution in [1.29, 1.82) is 0 Å². The molecule has 0 bridgehead atoms. The molecule has 0 saturated carbocycles. The molecule has 10 heteroatoms. The van der Waals surface area contributed by atoms with E-state index in [4.69, 9.17) is 16.1 Å². The molecule has 0 aliphatic carbocycles. The number of urea groups is 1. The zero-order chi connectivity index (χ0) is 17.1. The molecular weight excluding hydrogens is 338 g/mol. The standard InChI is InChI=1S/C14H12ClN5O4/c15-8-4-2-1-3-7(8)12-18-11(24-20-12)6-16-10(21)5-9-13(22)19-14(23)17-9/h1-4,9H,5-6H2,(H,16,21)(H2,17,19,22,23)/t9-/m1/s1. The summed E-state index contributed by atoms with van der Waals surface area (Å²) in [5, 5.41) is 11.2. The number of amides is 4. The zero-order valence-electron chi connectivity index (χ0n) is 12.2. The number of halogens is 1. The number of imide groups is 1. The maximum Gasteiger partial charge on any atom is 0.322 e. The van der Waals surface area contributed by atoms with Crippen molar-refractivity contribution in [3.8, 4) is 11.4 Å². The summed E-state index contributed by atoms with van der Waals surface area (Å²) in [5.74, 6) is -0.464. The van der Waals surface area contributed by atoms with Gasteiger partial charge in [0.15, 0.2) is 0 Å². The summed E-state index contributed by atoms with van der Waals surface area (Å²) >= 11 is 6.05. The SMILES string of the molecule is O=C(C[C@H]1NC(=O)NC1=O)NCc1nc(-c2ccccc2Cl)no1. The maximum absolute atomic E-state index is 11.8. The number of carbonyl (C=O) groups is 3. The number of benzene rings is 1. The Morgan fingerprint density at radius 1 is 1.33 bits per heavy atom. The Bertz CT molecular complexity index is 806. The molecule has 1 saturated heterocycles. The fourth-order valence-electron chi connectivity index (χ4n) is 2.11. The molecule has 0 radical (unpaired) electrons. The van der Waals surface area contributed by atoms with Crippen LogP contribution < -0.4 is 16.0 Å². The second-order valence-electron chi connectivity index (χ2n) is 4.99. The highest BCUT2D eigenvalue weighted by molar-refractivity contribution is 6.33. The van der Waals surface area contributed by atoms with Crippen LogP contribution in [0.4, 0.5) is 4.79 Å². The predicted molar refractivity (Wildman–Crippen MR) is 81.7 cm³/mol. The molecule has 1 aromatic heterocycles. The van der Waals surface area contributed by atoms with Crippen molar-refractivity contribution < 1.29 is 18.9 Å². The van der Waals surface area contributed by atoms with Crippen LogP contribution in [0.1, 0.15) is 12.3 Å². The largest absolute Gasteiger partial charge is 0.347 e. The average Bonchev–Trinajstić information content (AvgIpc) is 3.13. The van der Waals surface area contributed by atoms with Gasteiger partial charge < -0.3 is 15.2 Å². The highest BCUT2D eigenvalue weighted by atomic mass is 35.5. The molecule has 3 rings (SSSR count). The summed E-state index contributed by atoms with van der Waals surface area (Å²) < 4.78 is 5.05. The molecule has 124 valence electrons. The van der Waals surface area contributed by atoms with E-state index in [2.05, 4.69) is 26.1 Å². The monoisotopic (exact) mass is 349 g/mol. The van der Waals surface area contributed by atoms with E-state index in [1.165, 1.54) is 0 Å². The Morgan fingerprint density at radius 3 is 2.83 bits per heavy atom. The van der Waals surface area contributed by atoms with Crippen LogP contribution >= 0.6 is 11.6 Å². The van der Waals surface area contributed by atoms with Crippen LogP contribution in [0.3, 0.4) is 0 Å². The van der Waals surface area contributed by atoms with Crippen LogP contribution in [0.15, 0.2) is 28.8 Å². The lowest BCUT2D eigenvalue weighted by atomic mass is 10.2. The first-order valence-electron chi connectivity index (χ1n) is 6.98. The highest BCUT2D eigenvalue weighted by Crippen LogP contribution is 2.24. The Morgan fingerprint density at radius 2 is 2.12 bits per heavy atom. The smallest absolute Gasteiger partial charge is 0.322 e. The molecule has 0 spiro atoms. The van der Waals surface area contributed by atoms with Gasteiger partial charge in [0.2, 0.25) is 17.6 Å². The van der Waals surface area contributed by atoms with Gasteiger partial charge in [-0.1, -0.05) is 28.9 Å². The second kappa shape index (κ2) is 6.67. The molecule has 1 atom stereocenters. The Balaban J connectivity index is 1.56. The van der Waals surface area contributed by atoms with Gasteiger partial charge in [0.1, 0.15) is 6.04 Å². The molecule has 9 nitrogen and oxygen atoms in total. The molecule has 1 aromatic carbocycles. The molecule has 1 fully saturated rings. The van der Waals surface area contributed by atoms with Gasteiger partial charge >= 0.3 is 6.03 Å². The van der Waals surface area contributed by atoms with Crippen molar-refractivity contribution in [2.75, 3.05) is 0 Å². The van der Waals surface area contributed by atoms with E-state index in [1.54, 1.807) is 24.3 Å². The first-order valence-corrected chi connectivity index (χ1v) is 7.36. The van der Waals surface area contributed by atoms with Crippen LogP contribution in [0.5, 0.6) is 0 Å². The first-order chi connectivity index (χ1) is 11.5. The Kier molecular flexibility index (Phi) is 4.43. The van der Waals surface area contributed by atoms with Gasteiger partial charge in [-0.25, -0.2) is 4.79 Å². The number of rotatable bonds is 5. The molecule has 24 heavy (non-hydrogen) atoms. The fourth-order valence-corrected chi connectivity index (χ4v) is 2.33. The second-order valence-corrected chi connectivity index (χ2v) is 5.39. The lowest BCUT2D eigenvalue weighted by Crippen LogP contribution is -2.36. The third kappa shape index (κ3) is 3.51. The van der Waals surface area contributed by atoms with Gasteiger partial charge in [0.25, 0.3) is 5.91 Å². The molecule has 1 aliphatic heterocycles. The Labute approximate surface area is 140 Å². The highest BCUT2D eigenvalue weighted by Gasteiger charge is 2.31. The Hall–Kier alpha value is -2.94. The number of nitrogens with one attached hydrogen (secondary N) is 3. The third-order valence-electron chi connectivity index (χ3n) is 3.27. The molecule has 1 aliphatic rings. The minimum Gasteiger partial charge on any atom is -0.347 e. The first kappa shape index (κ1) is 15.9. The van der Waals surface area contributed by atoms with E-state index in [1.807, 2.05) is 0 Å². The van der Waals surface area contributed by atoms with Gasteiger partial charge in [-0.15, -0.1) is 0 Å². The summed E-state index contributed by atoms with van der Waals surface area (Å²) in [5.41, 5.74) is 0.617. The molecule has 0 unspecified atom stereocenters. The van der Waals surface area contributed by atoms with E-state index in [-0.39, 0.29) is 18.9 Å². The summed E-state index contributed by atoms with van der Waals surface area (Å²) in [6.07, 6.45) is -0.177. The van der Waals surface area contributed by atoms with Crippen LogP contribution in [0.2, 0.25) is 5.02 Å². The summed E-state index contributed by atoms with van der Waals surface area (Å²) in [7, 11) is 0. The fraction of sp³-hybridized carbons (Fsp3) is 0.214. The quantitative estimate of drug-likeness (QED) is 0.679. The summed E-state index contributed by atoms with van der Waals surface area (Å²) in [6, 6.07) is 5.54. The number of aromatic nitrogens is 2. The van der Waals surface area contributed by atoms with E-state index >= 15 is 0 Å². The molecule has 2 heterocycles. The van der Waals surface area contributed by atoms with Crippen molar-refractivity contribution in [2.45, 2.75) is 19.0 Å². The normalized spacial score (nSPS) is 16.6. The van der Waals surface area contributed by atoms with Crippen LogP contribution in [-0.2, 0) is 16.1 Å². The molecule has 3 N–H and O–H groups in total.